The normalized spacial score (nSPS) is 22.3. The number of ether oxygens (including phenoxy) is 1. The lowest BCUT2D eigenvalue weighted by molar-refractivity contribution is -0.151. The van der Waals surface area contributed by atoms with Crippen LogP contribution < -0.4 is 16.8 Å². The van der Waals surface area contributed by atoms with Crippen molar-refractivity contribution >= 4 is 23.3 Å². The minimum Gasteiger partial charge on any atom is -0.461 e. The molecule has 2 aliphatic rings. The van der Waals surface area contributed by atoms with E-state index in [4.69, 9.17) is 16.2 Å². The summed E-state index contributed by atoms with van der Waals surface area (Å²) in [6.07, 6.45) is 4.07. The minimum atomic E-state index is -0.635. The van der Waals surface area contributed by atoms with Gasteiger partial charge in [-0.3, -0.25) is 14.4 Å². The predicted octanol–water partition coefficient (Wildman–Crippen LogP) is 3.05. The Morgan fingerprint density at radius 3 is 2.51 bits per heavy atom. The molecule has 0 radical (unpaired) electrons. The van der Waals surface area contributed by atoms with Crippen LogP contribution >= 0.6 is 0 Å². The zero-order valence-electron chi connectivity index (χ0n) is 20.9. The first-order chi connectivity index (χ1) is 16.4. The molecule has 35 heavy (non-hydrogen) atoms. The lowest BCUT2D eigenvalue weighted by Crippen LogP contribution is -2.36. The summed E-state index contributed by atoms with van der Waals surface area (Å²) in [5, 5.41) is 8.16. The highest BCUT2D eigenvalue weighted by molar-refractivity contribution is 6.00. The van der Waals surface area contributed by atoms with E-state index in [0.717, 1.165) is 30.6 Å². The molecule has 1 aromatic carbocycles. The van der Waals surface area contributed by atoms with E-state index in [0.29, 0.717) is 41.8 Å². The molecule has 1 fully saturated rings. The van der Waals surface area contributed by atoms with E-state index in [1.165, 1.54) is 0 Å². The van der Waals surface area contributed by atoms with E-state index in [1.807, 2.05) is 23.7 Å². The van der Waals surface area contributed by atoms with Gasteiger partial charge in [-0.15, -0.1) is 0 Å². The number of aryl methyl sites for hydroxylation is 1. The van der Waals surface area contributed by atoms with Gasteiger partial charge in [-0.2, -0.15) is 5.10 Å². The number of Topliss-reactive ketones (excluding diaryl/α,β-unsaturated/α-hetero) is 1. The molecule has 0 aliphatic heterocycles. The number of hydrogen-bond donors (Lipinski definition) is 3. The van der Waals surface area contributed by atoms with Gasteiger partial charge in [-0.05, 0) is 69.6 Å². The Morgan fingerprint density at radius 2 is 1.89 bits per heavy atom. The Labute approximate surface area is 205 Å². The number of fused-ring (bicyclic) bond motifs is 1. The standard InChI is InChI=1S/C26H35N5O4/c1-14(27)25(34)35-18-8-5-16(6-9-18)29-20-11-17(7-10-19(20)24(28)33)31-21-12-26(3,4)13-22(32)23(21)15(2)30-31/h7,10-11,14,16,18,29H,5-6,8-9,12-13,27H2,1-4H3,(H2,28,33)/t14-,16?,18?/m0/s1. The molecule has 2 aliphatic carbocycles. The van der Waals surface area contributed by atoms with E-state index in [9.17, 15) is 14.4 Å². The molecular weight excluding hydrogens is 446 g/mol. The molecule has 0 unspecified atom stereocenters. The molecule has 0 bridgehead atoms. The predicted molar refractivity (Wildman–Crippen MR) is 133 cm³/mol. The summed E-state index contributed by atoms with van der Waals surface area (Å²) in [6, 6.07) is 4.86. The Bertz CT molecular complexity index is 1160. The number of anilines is 1. The maximum absolute atomic E-state index is 12.8. The molecule has 0 spiro atoms. The second kappa shape index (κ2) is 9.45. The quantitative estimate of drug-likeness (QED) is 0.538. The molecular formula is C26H35N5O4. The number of hydrogen-bond acceptors (Lipinski definition) is 7. The second-order valence-electron chi connectivity index (χ2n) is 10.7. The number of primary amides is 1. The van der Waals surface area contributed by atoms with Gasteiger partial charge < -0.3 is 21.5 Å². The summed E-state index contributed by atoms with van der Waals surface area (Å²) in [5.74, 6) is -0.785. The first kappa shape index (κ1) is 24.9. The fraction of sp³-hybridized carbons (Fsp3) is 0.538. The van der Waals surface area contributed by atoms with Gasteiger partial charge >= 0.3 is 5.97 Å². The lowest BCUT2D eigenvalue weighted by atomic mass is 9.75. The van der Waals surface area contributed by atoms with Crippen molar-refractivity contribution in [3.05, 3.63) is 40.7 Å². The summed E-state index contributed by atoms with van der Waals surface area (Å²) in [5.41, 5.74) is 15.2. The van der Waals surface area contributed by atoms with E-state index >= 15 is 0 Å². The SMILES string of the molecule is Cc1nn(-c2ccc(C(N)=O)c(NC3CCC(OC(=O)[C@H](C)N)CC3)c2)c2c1C(=O)CC(C)(C)C2. The summed E-state index contributed by atoms with van der Waals surface area (Å²) >= 11 is 0. The van der Waals surface area contributed by atoms with Crippen LogP contribution in [-0.2, 0) is 16.0 Å². The molecule has 9 heteroatoms. The maximum Gasteiger partial charge on any atom is 0.322 e. The van der Waals surface area contributed by atoms with Crippen LogP contribution in [0, 0.1) is 12.3 Å². The molecule has 1 amide bonds. The van der Waals surface area contributed by atoms with Crippen molar-refractivity contribution in [2.24, 2.45) is 16.9 Å². The van der Waals surface area contributed by atoms with Crippen molar-refractivity contribution < 1.29 is 19.1 Å². The molecule has 188 valence electrons. The fourth-order valence-corrected chi connectivity index (χ4v) is 5.17. The van der Waals surface area contributed by atoms with Crippen molar-refractivity contribution in [2.75, 3.05) is 5.32 Å². The van der Waals surface area contributed by atoms with Gasteiger partial charge in [0.15, 0.2) is 5.78 Å². The van der Waals surface area contributed by atoms with Gasteiger partial charge in [-0.1, -0.05) is 13.8 Å². The number of esters is 1. The summed E-state index contributed by atoms with van der Waals surface area (Å²) in [4.78, 5) is 36.8. The van der Waals surface area contributed by atoms with E-state index in [1.54, 1.807) is 13.0 Å². The van der Waals surface area contributed by atoms with Crippen LogP contribution in [0.15, 0.2) is 18.2 Å². The molecule has 1 heterocycles. The largest absolute Gasteiger partial charge is 0.461 e. The first-order valence-electron chi connectivity index (χ1n) is 12.2. The van der Waals surface area contributed by atoms with Crippen LogP contribution in [0.25, 0.3) is 5.69 Å². The van der Waals surface area contributed by atoms with Crippen molar-refractivity contribution in [3.63, 3.8) is 0 Å². The summed E-state index contributed by atoms with van der Waals surface area (Å²) in [6.45, 7) is 7.65. The monoisotopic (exact) mass is 481 g/mol. The zero-order valence-corrected chi connectivity index (χ0v) is 20.9. The highest BCUT2D eigenvalue weighted by Crippen LogP contribution is 2.37. The Balaban J connectivity index is 1.58. The number of aromatic nitrogens is 2. The van der Waals surface area contributed by atoms with Crippen LogP contribution in [0.4, 0.5) is 5.69 Å². The van der Waals surface area contributed by atoms with Crippen LogP contribution in [0.5, 0.6) is 0 Å². The third kappa shape index (κ3) is 5.24. The highest BCUT2D eigenvalue weighted by atomic mass is 16.5. The Hall–Kier alpha value is -3.20. The first-order valence-corrected chi connectivity index (χ1v) is 12.2. The number of carbonyl (C=O) groups excluding carboxylic acids is 3. The van der Waals surface area contributed by atoms with E-state index in [2.05, 4.69) is 24.3 Å². The van der Waals surface area contributed by atoms with Gasteiger partial charge in [0.1, 0.15) is 12.1 Å². The Kier molecular flexibility index (Phi) is 6.73. The molecule has 5 N–H and O–H groups in total. The van der Waals surface area contributed by atoms with Crippen molar-refractivity contribution in [3.8, 4) is 5.69 Å². The topological polar surface area (TPSA) is 142 Å². The molecule has 1 atom stereocenters. The molecule has 9 nitrogen and oxygen atoms in total. The number of nitrogens with two attached hydrogens (primary N) is 2. The molecule has 2 aromatic rings. The summed E-state index contributed by atoms with van der Waals surface area (Å²) < 4.78 is 7.29. The van der Waals surface area contributed by atoms with Crippen molar-refractivity contribution in [1.82, 2.24) is 9.78 Å². The molecule has 1 saturated carbocycles. The molecule has 0 saturated heterocycles. The van der Waals surface area contributed by atoms with Gasteiger partial charge in [0, 0.05) is 18.2 Å². The number of nitrogens with one attached hydrogen (secondary N) is 1. The van der Waals surface area contributed by atoms with Gasteiger partial charge in [0.25, 0.3) is 5.91 Å². The fourth-order valence-electron chi connectivity index (χ4n) is 5.17. The third-order valence-corrected chi connectivity index (χ3v) is 6.92. The third-order valence-electron chi connectivity index (χ3n) is 6.92. The van der Waals surface area contributed by atoms with Crippen LogP contribution in [0.1, 0.15) is 85.0 Å². The van der Waals surface area contributed by atoms with Gasteiger partial charge in [0.2, 0.25) is 0 Å². The van der Waals surface area contributed by atoms with E-state index in [-0.39, 0.29) is 29.3 Å². The van der Waals surface area contributed by atoms with Crippen LogP contribution in [-0.4, -0.2) is 45.6 Å². The number of rotatable bonds is 6. The number of ketones is 1. The van der Waals surface area contributed by atoms with Crippen molar-refractivity contribution in [1.29, 1.82) is 0 Å². The van der Waals surface area contributed by atoms with Crippen molar-refractivity contribution in [2.45, 2.75) is 84.4 Å². The van der Waals surface area contributed by atoms with E-state index < -0.39 is 11.9 Å². The summed E-state index contributed by atoms with van der Waals surface area (Å²) in [7, 11) is 0. The van der Waals surface area contributed by atoms with Crippen LogP contribution in [0.3, 0.4) is 0 Å². The smallest absolute Gasteiger partial charge is 0.322 e. The lowest BCUT2D eigenvalue weighted by Gasteiger charge is -2.30. The average Bonchev–Trinajstić information content (AvgIpc) is 3.09. The number of benzene rings is 1. The number of nitrogens with zero attached hydrogens (tertiary/aromatic N) is 2. The Morgan fingerprint density at radius 1 is 1.20 bits per heavy atom. The number of amides is 1. The molecule has 4 rings (SSSR count). The van der Waals surface area contributed by atoms with Gasteiger partial charge in [0.05, 0.1) is 28.2 Å². The highest BCUT2D eigenvalue weighted by Gasteiger charge is 2.36. The number of carbonyl (C=O) groups is 3. The molecule has 1 aromatic heterocycles. The van der Waals surface area contributed by atoms with Crippen LogP contribution in [0.2, 0.25) is 0 Å². The second-order valence-corrected chi connectivity index (χ2v) is 10.7. The average molecular weight is 482 g/mol. The van der Waals surface area contributed by atoms with Gasteiger partial charge in [-0.25, -0.2) is 4.68 Å². The minimum absolute atomic E-state index is 0.0994. The zero-order chi connectivity index (χ0) is 25.5. The maximum atomic E-state index is 12.8.